The Morgan fingerprint density at radius 2 is 1.80 bits per heavy atom. The molecule has 2 N–H and O–H groups in total. The number of nitrogens with one attached hydrogen (secondary N) is 2. The summed E-state index contributed by atoms with van der Waals surface area (Å²) in [6.07, 6.45) is 1.82. The van der Waals surface area contributed by atoms with Crippen LogP contribution in [0.15, 0.2) is 42.5 Å². The molecule has 0 saturated heterocycles. The molecule has 0 radical (unpaired) electrons. The summed E-state index contributed by atoms with van der Waals surface area (Å²) in [5.74, 6) is -0.181. The van der Waals surface area contributed by atoms with Crippen molar-refractivity contribution in [2.45, 2.75) is 59.3 Å². The largest absolute Gasteiger partial charge is 0.447 e. The Morgan fingerprint density at radius 3 is 2.40 bits per heavy atom. The number of thiophene rings is 1. The number of nitrogens with zero attached hydrogens (tertiary/aromatic N) is 1. The minimum atomic E-state index is -0.546. The maximum absolute atomic E-state index is 12.7. The highest BCUT2D eigenvalue weighted by atomic mass is 32.1. The smallest absolute Gasteiger partial charge is 0.410 e. The van der Waals surface area contributed by atoms with Gasteiger partial charge < -0.3 is 25.0 Å². The van der Waals surface area contributed by atoms with Crippen LogP contribution in [0.1, 0.15) is 61.2 Å². The number of hydrogen-bond acceptors (Lipinski definition) is 6. The van der Waals surface area contributed by atoms with Gasteiger partial charge in [0.1, 0.15) is 5.60 Å². The van der Waals surface area contributed by atoms with E-state index in [1.165, 1.54) is 11.3 Å². The van der Waals surface area contributed by atoms with Gasteiger partial charge in [0.2, 0.25) is 0 Å². The Hall–Kier alpha value is -3.33. The standard InChI is InChI=1S/C26H33N3O5S/c1-17(2)33-25(32)29-14-12-19(13-15-29)21-10-11-22(35-21)23(30)28-20-8-6-18(7-9-20)16-27-24(31)34-26(3,4)5/h6-12,17H,13-16H2,1-5H3,(H,27,31)(H,28,30). The van der Waals surface area contributed by atoms with Gasteiger partial charge in [0.25, 0.3) is 5.91 Å². The minimum Gasteiger partial charge on any atom is -0.447 e. The highest BCUT2D eigenvalue weighted by Gasteiger charge is 2.21. The fraction of sp³-hybridized carbons (Fsp3) is 0.423. The molecule has 0 fully saturated rings. The first-order valence-electron chi connectivity index (χ1n) is 11.6. The highest BCUT2D eigenvalue weighted by Crippen LogP contribution is 2.29. The van der Waals surface area contributed by atoms with Crippen LogP contribution >= 0.6 is 11.3 Å². The lowest BCUT2D eigenvalue weighted by Crippen LogP contribution is -2.36. The molecule has 1 aromatic carbocycles. The van der Waals surface area contributed by atoms with Crippen LogP contribution in [0.4, 0.5) is 15.3 Å². The van der Waals surface area contributed by atoms with Crippen molar-refractivity contribution in [1.82, 2.24) is 10.2 Å². The van der Waals surface area contributed by atoms with Gasteiger partial charge in [-0.1, -0.05) is 18.2 Å². The first kappa shape index (κ1) is 26.3. The van der Waals surface area contributed by atoms with Crippen LogP contribution < -0.4 is 10.6 Å². The Balaban J connectivity index is 1.52. The minimum absolute atomic E-state index is 0.142. The molecule has 9 heteroatoms. The second-order valence-electron chi connectivity index (χ2n) is 9.53. The summed E-state index contributed by atoms with van der Waals surface area (Å²) in [5, 5.41) is 5.62. The van der Waals surface area contributed by atoms with Crippen molar-refractivity contribution < 1.29 is 23.9 Å². The third kappa shape index (κ3) is 8.13. The van der Waals surface area contributed by atoms with Gasteiger partial charge in [0.15, 0.2) is 0 Å². The Kier molecular flexibility index (Phi) is 8.56. The van der Waals surface area contributed by atoms with Crippen molar-refractivity contribution >= 4 is 40.7 Å². The molecule has 1 aliphatic rings. The van der Waals surface area contributed by atoms with Gasteiger partial charge in [0, 0.05) is 30.2 Å². The van der Waals surface area contributed by atoms with Crippen molar-refractivity contribution in [2.75, 3.05) is 18.4 Å². The van der Waals surface area contributed by atoms with Gasteiger partial charge in [-0.05, 0) is 76.4 Å². The maximum Gasteiger partial charge on any atom is 0.410 e. The number of rotatable bonds is 6. The summed E-state index contributed by atoms with van der Waals surface area (Å²) in [4.78, 5) is 39.9. The molecule has 3 rings (SSSR count). The van der Waals surface area contributed by atoms with Crippen LogP contribution in [0, 0.1) is 0 Å². The molecule has 3 amide bonds. The first-order valence-corrected chi connectivity index (χ1v) is 12.4. The third-order valence-electron chi connectivity index (χ3n) is 5.00. The van der Waals surface area contributed by atoms with E-state index in [9.17, 15) is 14.4 Å². The fourth-order valence-electron chi connectivity index (χ4n) is 3.35. The van der Waals surface area contributed by atoms with E-state index in [0.29, 0.717) is 36.6 Å². The van der Waals surface area contributed by atoms with Gasteiger partial charge >= 0.3 is 12.2 Å². The molecular weight excluding hydrogens is 466 g/mol. The van der Waals surface area contributed by atoms with Crippen LogP contribution in [0.5, 0.6) is 0 Å². The molecule has 0 atom stereocenters. The molecule has 0 unspecified atom stereocenters. The molecule has 35 heavy (non-hydrogen) atoms. The summed E-state index contributed by atoms with van der Waals surface area (Å²) in [6, 6.07) is 11.0. The fourth-order valence-corrected chi connectivity index (χ4v) is 4.32. The predicted molar refractivity (Wildman–Crippen MR) is 138 cm³/mol. The number of benzene rings is 1. The van der Waals surface area contributed by atoms with Crippen molar-refractivity contribution in [3.05, 3.63) is 57.8 Å². The lowest BCUT2D eigenvalue weighted by Gasteiger charge is -2.26. The summed E-state index contributed by atoms with van der Waals surface area (Å²) >= 11 is 1.43. The third-order valence-corrected chi connectivity index (χ3v) is 6.16. The summed E-state index contributed by atoms with van der Waals surface area (Å²) in [5.41, 5.74) is 2.14. The van der Waals surface area contributed by atoms with Gasteiger partial charge in [-0.3, -0.25) is 4.79 Å². The highest BCUT2D eigenvalue weighted by molar-refractivity contribution is 7.15. The summed E-state index contributed by atoms with van der Waals surface area (Å²) in [6.45, 7) is 10.5. The van der Waals surface area contributed by atoms with Crippen LogP contribution in [-0.2, 0) is 16.0 Å². The number of ether oxygens (including phenoxy) is 2. The molecule has 1 aliphatic heterocycles. The molecule has 0 aliphatic carbocycles. The van der Waals surface area contributed by atoms with E-state index in [0.717, 1.165) is 16.0 Å². The average Bonchev–Trinajstić information content (AvgIpc) is 3.28. The van der Waals surface area contributed by atoms with Gasteiger partial charge in [-0.2, -0.15) is 0 Å². The van der Waals surface area contributed by atoms with Crippen molar-refractivity contribution in [3.8, 4) is 0 Å². The molecule has 0 bridgehead atoms. The van der Waals surface area contributed by atoms with E-state index in [1.807, 2.05) is 65.0 Å². The zero-order valence-electron chi connectivity index (χ0n) is 20.8. The second-order valence-corrected chi connectivity index (χ2v) is 10.6. The number of amides is 3. The molecule has 188 valence electrons. The SMILES string of the molecule is CC(C)OC(=O)N1CC=C(c2ccc(C(=O)Nc3ccc(CNC(=O)OC(C)(C)C)cc3)s2)CC1. The summed E-state index contributed by atoms with van der Waals surface area (Å²) in [7, 11) is 0. The molecular formula is C26H33N3O5S. The normalized spacial score (nSPS) is 13.8. The zero-order chi connectivity index (χ0) is 25.6. The van der Waals surface area contributed by atoms with Crippen molar-refractivity contribution in [3.63, 3.8) is 0 Å². The molecule has 1 aromatic heterocycles. The number of alkyl carbamates (subject to hydrolysis) is 1. The number of carbonyl (C=O) groups excluding carboxylic acids is 3. The van der Waals surface area contributed by atoms with E-state index in [4.69, 9.17) is 9.47 Å². The van der Waals surface area contributed by atoms with E-state index in [2.05, 4.69) is 10.6 Å². The van der Waals surface area contributed by atoms with Crippen molar-refractivity contribution in [1.29, 1.82) is 0 Å². The van der Waals surface area contributed by atoms with Crippen LogP contribution in [-0.4, -0.2) is 47.8 Å². The second kappa shape index (κ2) is 11.4. The van der Waals surface area contributed by atoms with Crippen LogP contribution in [0.25, 0.3) is 5.57 Å². The monoisotopic (exact) mass is 499 g/mol. The van der Waals surface area contributed by atoms with Gasteiger partial charge in [0.05, 0.1) is 11.0 Å². The van der Waals surface area contributed by atoms with E-state index < -0.39 is 11.7 Å². The van der Waals surface area contributed by atoms with E-state index >= 15 is 0 Å². The van der Waals surface area contributed by atoms with E-state index in [-0.39, 0.29) is 18.1 Å². The number of anilines is 1. The maximum atomic E-state index is 12.7. The van der Waals surface area contributed by atoms with Gasteiger partial charge in [-0.15, -0.1) is 11.3 Å². The lowest BCUT2D eigenvalue weighted by atomic mass is 10.1. The molecule has 0 saturated carbocycles. The summed E-state index contributed by atoms with van der Waals surface area (Å²) < 4.78 is 10.5. The van der Waals surface area contributed by atoms with Crippen LogP contribution in [0.3, 0.4) is 0 Å². The average molecular weight is 500 g/mol. The molecule has 2 aromatic rings. The molecule has 8 nitrogen and oxygen atoms in total. The Morgan fingerprint density at radius 1 is 1.09 bits per heavy atom. The topological polar surface area (TPSA) is 97.0 Å². The molecule has 0 spiro atoms. The van der Waals surface area contributed by atoms with Crippen LogP contribution in [0.2, 0.25) is 0 Å². The quantitative estimate of drug-likeness (QED) is 0.535. The first-order chi connectivity index (χ1) is 16.5. The van der Waals surface area contributed by atoms with E-state index in [1.54, 1.807) is 17.0 Å². The molecule has 2 heterocycles. The zero-order valence-corrected chi connectivity index (χ0v) is 21.7. The van der Waals surface area contributed by atoms with Crippen molar-refractivity contribution in [2.24, 2.45) is 0 Å². The predicted octanol–water partition coefficient (Wildman–Crippen LogP) is 5.66. The number of hydrogen-bond donors (Lipinski definition) is 2. The Bertz CT molecular complexity index is 1080. The Labute approximate surface area is 210 Å². The number of carbonyl (C=O) groups is 3. The lowest BCUT2D eigenvalue weighted by molar-refractivity contribution is 0.0523. The van der Waals surface area contributed by atoms with Gasteiger partial charge in [-0.25, -0.2) is 9.59 Å².